The Morgan fingerprint density at radius 2 is 2.04 bits per heavy atom. The molecule has 2 aromatic carbocycles. The van der Waals surface area contributed by atoms with E-state index in [0.29, 0.717) is 10.9 Å². The van der Waals surface area contributed by atoms with Crippen molar-refractivity contribution in [2.75, 3.05) is 7.05 Å². The van der Waals surface area contributed by atoms with Gasteiger partial charge in [0.25, 0.3) is 5.56 Å². The van der Waals surface area contributed by atoms with Gasteiger partial charge in [-0.2, -0.15) is 0 Å². The number of carbonyl (C=O) groups excluding carboxylic acids is 1. The standard InChI is InChI=1S/C21H21N3O2/c1-14-6-5-9-17-20(14)22-13-24(21(17)26)12-19(25)23(2)18-11-10-15-7-3-4-8-16(15)18/h3-9,13,18H,10-12H2,1-2H3. The van der Waals surface area contributed by atoms with Gasteiger partial charge in [0.15, 0.2) is 0 Å². The molecule has 0 radical (unpaired) electrons. The fourth-order valence-electron chi connectivity index (χ4n) is 3.82. The molecule has 26 heavy (non-hydrogen) atoms. The number of para-hydroxylation sites is 1. The number of aromatic nitrogens is 2. The Labute approximate surface area is 151 Å². The summed E-state index contributed by atoms with van der Waals surface area (Å²) in [5, 5.41) is 0.550. The summed E-state index contributed by atoms with van der Waals surface area (Å²) in [4.78, 5) is 31.7. The molecule has 5 nitrogen and oxygen atoms in total. The average Bonchev–Trinajstić information content (AvgIpc) is 3.08. The zero-order valence-corrected chi connectivity index (χ0v) is 15.0. The number of hydrogen-bond acceptors (Lipinski definition) is 3. The van der Waals surface area contributed by atoms with E-state index in [1.807, 2.05) is 38.2 Å². The number of aryl methyl sites for hydroxylation is 2. The highest BCUT2D eigenvalue weighted by molar-refractivity contribution is 5.81. The first kappa shape index (κ1) is 16.5. The average molecular weight is 347 g/mol. The molecule has 1 aliphatic rings. The SMILES string of the molecule is Cc1cccc2c(=O)n(CC(=O)N(C)C3CCc4ccccc43)cnc12. The second-order valence-corrected chi connectivity index (χ2v) is 6.91. The molecule has 1 unspecified atom stereocenters. The normalized spacial score (nSPS) is 15.8. The Kier molecular flexibility index (Phi) is 4.07. The van der Waals surface area contributed by atoms with Gasteiger partial charge >= 0.3 is 0 Å². The summed E-state index contributed by atoms with van der Waals surface area (Å²) in [6.45, 7) is 1.93. The molecule has 0 saturated heterocycles. The van der Waals surface area contributed by atoms with E-state index in [1.54, 1.807) is 11.0 Å². The molecule has 0 aliphatic heterocycles. The molecule has 0 bridgehead atoms. The largest absolute Gasteiger partial charge is 0.337 e. The minimum Gasteiger partial charge on any atom is -0.337 e. The number of hydrogen-bond donors (Lipinski definition) is 0. The van der Waals surface area contributed by atoms with E-state index < -0.39 is 0 Å². The predicted molar refractivity (Wildman–Crippen MR) is 101 cm³/mol. The van der Waals surface area contributed by atoms with Crippen LogP contribution in [0.5, 0.6) is 0 Å². The Hall–Kier alpha value is -2.95. The molecule has 0 spiro atoms. The van der Waals surface area contributed by atoms with Crippen molar-refractivity contribution in [1.82, 2.24) is 14.5 Å². The maximum atomic E-state index is 12.8. The van der Waals surface area contributed by atoms with Crippen molar-refractivity contribution in [1.29, 1.82) is 0 Å². The van der Waals surface area contributed by atoms with Crippen LogP contribution < -0.4 is 5.56 Å². The van der Waals surface area contributed by atoms with E-state index >= 15 is 0 Å². The highest BCUT2D eigenvalue weighted by Gasteiger charge is 2.28. The van der Waals surface area contributed by atoms with E-state index in [1.165, 1.54) is 22.0 Å². The highest BCUT2D eigenvalue weighted by Crippen LogP contribution is 2.34. The fourth-order valence-corrected chi connectivity index (χ4v) is 3.82. The lowest BCUT2D eigenvalue weighted by molar-refractivity contribution is -0.132. The Morgan fingerprint density at radius 1 is 1.23 bits per heavy atom. The number of likely N-dealkylation sites (N-methyl/N-ethyl adjacent to an activating group) is 1. The second-order valence-electron chi connectivity index (χ2n) is 6.91. The van der Waals surface area contributed by atoms with Crippen molar-refractivity contribution in [2.45, 2.75) is 32.4 Å². The van der Waals surface area contributed by atoms with Crippen molar-refractivity contribution in [2.24, 2.45) is 0 Å². The van der Waals surface area contributed by atoms with Gasteiger partial charge in [0.2, 0.25) is 5.91 Å². The number of rotatable bonds is 3. The zero-order chi connectivity index (χ0) is 18.3. The molecule has 0 N–H and O–H groups in total. The second kappa shape index (κ2) is 6.41. The van der Waals surface area contributed by atoms with Crippen molar-refractivity contribution in [3.05, 3.63) is 75.8 Å². The van der Waals surface area contributed by atoms with Crippen LogP contribution in [-0.2, 0) is 17.8 Å². The maximum Gasteiger partial charge on any atom is 0.261 e. The predicted octanol–water partition coefficient (Wildman–Crippen LogP) is 2.85. The first-order chi connectivity index (χ1) is 12.6. The van der Waals surface area contributed by atoms with Crippen molar-refractivity contribution >= 4 is 16.8 Å². The maximum absolute atomic E-state index is 12.8. The molecule has 1 heterocycles. The van der Waals surface area contributed by atoms with Crippen LogP contribution in [0.2, 0.25) is 0 Å². The van der Waals surface area contributed by atoms with E-state index in [-0.39, 0.29) is 24.1 Å². The quantitative estimate of drug-likeness (QED) is 0.732. The number of benzene rings is 2. The molecule has 3 aromatic rings. The lowest BCUT2D eigenvalue weighted by Gasteiger charge is -2.25. The molecule has 1 amide bonds. The van der Waals surface area contributed by atoms with Crippen LogP contribution in [-0.4, -0.2) is 27.4 Å². The van der Waals surface area contributed by atoms with Gasteiger partial charge in [0, 0.05) is 7.05 Å². The number of amides is 1. The van der Waals surface area contributed by atoms with Crippen LogP contribution in [0.3, 0.4) is 0 Å². The molecule has 0 saturated carbocycles. The van der Waals surface area contributed by atoms with E-state index in [4.69, 9.17) is 0 Å². The monoisotopic (exact) mass is 347 g/mol. The molecule has 4 rings (SSSR count). The summed E-state index contributed by atoms with van der Waals surface area (Å²) in [6, 6.07) is 13.8. The van der Waals surface area contributed by atoms with E-state index in [2.05, 4.69) is 17.1 Å². The summed E-state index contributed by atoms with van der Waals surface area (Å²) in [5.41, 5.74) is 3.99. The van der Waals surface area contributed by atoms with Crippen molar-refractivity contribution in [3.8, 4) is 0 Å². The summed E-state index contributed by atoms with van der Waals surface area (Å²) >= 11 is 0. The molecule has 1 aliphatic carbocycles. The lowest BCUT2D eigenvalue weighted by Crippen LogP contribution is -2.36. The molecule has 0 fully saturated rings. The Morgan fingerprint density at radius 3 is 2.88 bits per heavy atom. The third-order valence-corrected chi connectivity index (χ3v) is 5.32. The summed E-state index contributed by atoms with van der Waals surface area (Å²) in [7, 11) is 1.82. The van der Waals surface area contributed by atoms with Gasteiger partial charge in [0.1, 0.15) is 6.54 Å². The zero-order valence-electron chi connectivity index (χ0n) is 15.0. The van der Waals surface area contributed by atoms with Crippen LogP contribution >= 0.6 is 0 Å². The molecule has 132 valence electrons. The minimum atomic E-state index is -0.174. The van der Waals surface area contributed by atoms with Crippen LogP contribution in [0.25, 0.3) is 10.9 Å². The van der Waals surface area contributed by atoms with Crippen LogP contribution in [0.15, 0.2) is 53.6 Å². The molecule has 1 aromatic heterocycles. The number of carbonyl (C=O) groups is 1. The van der Waals surface area contributed by atoms with E-state index in [0.717, 1.165) is 18.4 Å². The molecule has 1 atom stereocenters. The van der Waals surface area contributed by atoms with Crippen LogP contribution in [0.4, 0.5) is 0 Å². The van der Waals surface area contributed by atoms with E-state index in [9.17, 15) is 9.59 Å². The molecular formula is C21H21N3O2. The first-order valence-electron chi connectivity index (χ1n) is 8.84. The minimum absolute atomic E-state index is 0.00484. The summed E-state index contributed by atoms with van der Waals surface area (Å²) < 4.78 is 1.40. The van der Waals surface area contributed by atoms with Gasteiger partial charge in [-0.05, 0) is 42.5 Å². The smallest absolute Gasteiger partial charge is 0.261 e. The van der Waals surface area contributed by atoms with Crippen molar-refractivity contribution in [3.63, 3.8) is 0 Å². The highest BCUT2D eigenvalue weighted by atomic mass is 16.2. The van der Waals surface area contributed by atoms with Gasteiger partial charge in [-0.15, -0.1) is 0 Å². The molecular weight excluding hydrogens is 326 g/mol. The van der Waals surface area contributed by atoms with Gasteiger partial charge in [-0.25, -0.2) is 4.98 Å². The van der Waals surface area contributed by atoms with Crippen molar-refractivity contribution < 1.29 is 4.79 Å². The first-order valence-corrected chi connectivity index (χ1v) is 8.84. The lowest BCUT2D eigenvalue weighted by atomic mass is 10.1. The third-order valence-electron chi connectivity index (χ3n) is 5.32. The van der Waals surface area contributed by atoms with Gasteiger partial charge in [-0.3, -0.25) is 14.2 Å². The van der Waals surface area contributed by atoms with Gasteiger partial charge in [-0.1, -0.05) is 36.4 Å². The summed E-state index contributed by atoms with van der Waals surface area (Å²) in [6.07, 6.45) is 3.38. The van der Waals surface area contributed by atoms with Gasteiger partial charge in [0.05, 0.1) is 23.3 Å². The summed E-state index contributed by atoms with van der Waals surface area (Å²) in [5.74, 6) is -0.0809. The Balaban J connectivity index is 1.60. The Bertz CT molecular complexity index is 1050. The number of nitrogens with zero attached hydrogens (tertiary/aromatic N) is 3. The van der Waals surface area contributed by atoms with Crippen LogP contribution in [0, 0.1) is 6.92 Å². The van der Waals surface area contributed by atoms with Crippen LogP contribution in [0.1, 0.15) is 29.2 Å². The number of fused-ring (bicyclic) bond motifs is 2. The topological polar surface area (TPSA) is 55.2 Å². The molecule has 5 heteroatoms. The fraction of sp³-hybridized carbons (Fsp3) is 0.286. The van der Waals surface area contributed by atoms with Gasteiger partial charge < -0.3 is 4.90 Å². The third kappa shape index (κ3) is 2.69.